The Hall–Kier alpha value is -1.70. The number of pyridine rings is 1. The van der Waals surface area contributed by atoms with Gasteiger partial charge in [-0.2, -0.15) is 0 Å². The first-order chi connectivity index (χ1) is 15.7. The van der Waals surface area contributed by atoms with Gasteiger partial charge in [0.1, 0.15) is 5.82 Å². The zero-order valence-electron chi connectivity index (χ0n) is 20.6. The molecule has 3 rings (SSSR count). The summed E-state index contributed by atoms with van der Waals surface area (Å²) in [5.41, 5.74) is 3.90. The molecule has 0 saturated heterocycles. The van der Waals surface area contributed by atoms with Gasteiger partial charge in [0.15, 0.2) is 0 Å². The van der Waals surface area contributed by atoms with E-state index in [2.05, 4.69) is 31.0 Å². The fourth-order valence-electron chi connectivity index (χ4n) is 5.43. The van der Waals surface area contributed by atoms with Gasteiger partial charge in [-0.1, -0.05) is 83.8 Å². The van der Waals surface area contributed by atoms with Gasteiger partial charge < -0.3 is 0 Å². The van der Waals surface area contributed by atoms with Crippen molar-refractivity contribution in [1.29, 1.82) is 0 Å². The predicted octanol–water partition coefficient (Wildman–Crippen LogP) is 9.64. The molecular formula is C30H44FN. The van der Waals surface area contributed by atoms with Crippen molar-refractivity contribution in [1.82, 2.24) is 4.98 Å². The fourth-order valence-corrected chi connectivity index (χ4v) is 5.43. The molecule has 1 aromatic heterocycles. The van der Waals surface area contributed by atoms with Crippen LogP contribution in [0, 0.1) is 11.7 Å². The normalized spacial score (nSPS) is 18.7. The van der Waals surface area contributed by atoms with Crippen LogP contribution in [0.2, 0.25) is 0 Å². The van der Waals surface area contributed by atoms with Crippen LogP contribution in [0.5, 0.6) is 0 Å². The highest BCUT2D eigenvalue weighted by Crippen LogP contribution is 2.41. The minimum absolute atomic E-state index is 0.115. The molecule has 0 amide bonds. The smallest absolute Gasteiger partial charge is 0.132 e. The van der Waals surface area contributed by atoms with Gasteiger partial charge in [-0.05, 0) is 79.7 Å². The molecule has 2 aromatic rings. The minimum Gasteiger partial charge on any atom is -0.256 e. The summed E-state index contributed by atoms with van der Waals surface area (Å²) in [6, 6.07) is 10.0. The molecule has 176 valence electrons. The summed E-state index contributed by atoms with van der Waals surface area (Å²) in [7, 11) is 0. The van der Waals surface area contributed by atoms with Gasteiger partial charge in [0, 0.05) is 11.8 Å². The van der Waals surface area contributed by atoms with E-state index >= 15 is 4.39 Å². The summed E-state index contributed by atoms with van der Waals surface area (Å²) in [5.74, 6) is 1.29. The molecule has 1 aromatic carbocycles. The molecule has 1 saturated carbocycles. The highest BCUT2D eigenvalue weighted by molar-refractivity contribution is 5.65. The standard InChI is InChI=1S/C30H44FN/c1-3-5-7-8-9-11-13-24-16-19-26(20-17-24)27-15-12-22-32-30(27)28-21-18-25(23-29(28)31)14-10-6-4-2/h12,15,18,21-24,26H,3-11,13-14,16-17,19-20H2,1-2H3. The lowest BCUT2D eigenvalue weighted by atomic mass is 9.76. The van der Waals surface area contributed by atoms with Gasteiger partial charge in [-0.3, -0.25) is 4.98 Å². The van der Waals surface area contributed by atoms with E-state index in [-0.39, 0.29) is 5.82 Å². The monoisotopic (exact) mass is 437 g/mol. The third kappa shape index (κ3) is 7.42. The highest BCUT2D eigenvalue weighted by atomic mass is 19.1. The number of aromatic nitrogens is 1. The van der Waals surface area contributed by atoms with Crippen molar-refractivity contribution in [3.05, 3.63) is 53.5 Å². The highest BCUT2D eigenvalue weighted by Gasteiger charge is 2.25. The van der Waals surface area contributed by atoms with Gasteiger partial charge in [0.25, 0.3) is 0 Å². The molecule has 1 heterocycles. The lowest BCUT2D eigenvalue weighted by Crippen LogP contribution is -2.14. The van der Waals surface area contributed by atoms with Crippen LogP contribution in [0.3, 0.4) is 0 Å². The summed E-state index contributed by atoms with van der Waals surface area (Å²) >= 11 is 0. The molecule has 2 heteroatoms. The number of aryl methyl sites for hydroxylation is 1. The van der Waals surface area contributed by atoms with Crippen molar-refractivity contribution in [3.8, 4) is 11.3 Å². The average molecular weight is 438 g/mol. The van der Waals surface area contributed by atoms with Crippen molar-refractivity contribution in [2.24, 2.45) is 5.92 Å². The maximum absolute atomic E-state index is 15.1. The molecule has 0 unspecified atom stereocenters. The van der Waals surface area contributed by atoms with Crippen LogP contribution >= 0.6 is 0 Å². The largest absolute Gasteiger partial charge is 0.256 e. The summed E-state index contributed by atoms with van der Waals surface area (Å²) in [4.78, 5) is 4.65. The molecule has 0 N–H and O–H groups in total. The molecule has 0 radical (unpaired) electrons. The Morgan fingerprint density at radius 3 is 2.31 bits per heavy atom. The van der Waals surface area contributed by atoms with E-state index in [1.165, 1.54) is 89.0 Å². The minimum atomic E-state index is -0.115. The zero-order valence-corrected chi connectivity index (χ0v) is 20.6. The number of hydrogen-bond acceptors (Lipinski definition) is 1. The van der Waals surface area contributed by atoms with Crippen LogP contribution in [0.25, 0.3) is 11.3 Å². The van der Waals surface area contributed by atoms with Crippen molar-refractivity contribution >= 4 is 0 Å². The summed E-state index contributed by atoms with van der Waals surface area (Å²) in [6.45, 7) is 4.48. The third-order valence-corrected chi connectivity index (χ3v) is 7.45. The number of rotatable bonds is 13. The van der Waals surface area contributed by atoms with Crippen LogP contribution in [-0.2, 0) is 6.42 Å². The van der Waals surface area contributed by atoms with Gasteiger partial charge in [-0.25, -0.2) is 4.39 Å². The van der Waals surface area contributed by atoms with E-state index < -0.39 is 0 Å². The second kappa shape index (κ2) is 13.8. The van der Waals surface area contributed by atoms with E-state index in [0.717, 1.165) is 30.0 Å². The lowest BCUT2D eigenvalue weighted by molar-refractivity contribution is 0.302. The maximum Gasteiger partial charge on any atom is 0.132 e. The molecule has 1 aliphatic rings. The molecule has 1 fully saturated rings. The molecule has 32 heavy (non-hydrogen) atoms. The van der Waals surface area contributed by atoms with Gasteiger partial charge >= 0.3 is 0 Å². The first-order valence-electron chi connectivity index (χ1n) is 13.5. The molecular weight excluding hydrogens is 393 g/mol. The summed E-state index contributed by atoms with van der Waals surface area (Å²) in [5, 5.41) is 0. The van der Waals surface area contributed by atoms with Gasteiger partial charge in [-0.15, -0.1) is 0 Å². The predicted molar refractivity (Wildman–Crippen MR) is 136 cm³/mol. The second-order valence-corrected chi connectivity index (χ2v) is 9.99. The molecule has 0 atom stereocenters. The summed E-state index contributed by atoms with van der Waals surface area (Å²) < 4.78 is 15.1. The number of halogens is 1. The molecule has 0 bridgehead atoms. The molecule has 0 aliphatic heterocycles. The van der Waals surface area contributed by atoms with Crippen molar-refractivity contribution in [2.45, 2.75) is 116 Å². The van der Waals surface area contributed by atoms with Gasteiger partial charge in [0.05, 0.1) is 5.69 Å². The Kier molecular flexibility index (Phi) is 10.7. The SMILES string of the molecule is CCCCCCCCC1CCC(c2cccnc2-c2ccc(CCCCC)cc2F)CC1. The van der Waals surface area contributed by atoms with E-state index in [1.54, 1.807) is 6.07 Å². The van der Waals surface area contributed by atoms with Crippen LogP contribution in [0.15, 0.2) is 36.5 Å². The lowest BCUT2D eigenvalue weighted by Gasteiger charge is -2.30. The quantitative estimate of drug-likeness (QED) is 0.284. The van der Waals surface area contributed by atoms with Gasteiger partial charge in [0.2, 0.25) is 0 Å². The zero-order chi connectivity index (χ0) is 22.6. The van der Waals surface area contributed by atoms with Crippen LogP contribution in [0.1, 0.15) is 121 Å². The van der Waals surface area contributed by atoms with Crippen LogP contribution in [0.4, 0.5) is 4.39 Å². The Bertz CT molecular complexity index is 791. The average Bonchev–Trinajstić information content (AvgIpc) is 2.82. The number of unbranched alkanes of at least 4 members (excludes halogenated alkanes) is 7. The van der Waals surface area contributed by atoms with Crippen LogP contribution < -0.4 is 0 Å². The van der Waals surface area contributed by atoms with E-state index in [1.807, 2.05) is 18.3 Å². The second-order valence-electron chi connectivity index (χ2n) is 9.99. The summed E-state index contributed by atoms with van der Waals surface area (Å²) in [6.07, 6.45) is 21.1. The van der Waals surface area contributed by atoms with Crippen molar-refractivity contribution < 1.29 is 4.39 Å². The molecule has 0 spiro atoms. The Morgan fingerprint density at radius 1 is 0.844 bits per heavy atom. The van der Waals surface area contributed by atoms with E-state index in [0.29, 0.717) is 11.5 Å². The third-order valence-electron chi connectivity index (χ3n) is 7.45. The number of nitrogens with zero attached hydrogens (tertiary/aromatic N) is 1. The Morgan fingerprint density at radius 2 is 1.56 bits per heavy atom. The number of benzene rings is 1. The fraction of sp³-hybridized carbons (Fsp3) is 0.633. The van der Waals surface area contributed by atoms with Crippen LogP contribution in [-0.4, -0.2) is 4.98 Å². The Balaban J connectivity index is 1.57. The van der Waals surface area contributed by atoms with E-state index in [9.17, 15) is 0 Å². The Labute approximate surface area is 196 Å². The van der Waals surface area contributed by atoms with Crippen molar-refractivity contribution in [2.75, 3.05) is 0 Å². The topological polar surface area (TPSA) is 12.9 Å². The maximum atomic E-state index is 15.1. The van der Waals surface area contributed by atoms with Crippen molar-refractivity contribution in [3.63, 3.8) is 0 Å². The van der Waals surface area contributed by atoms with E-state index in [4.69, 9.17) is 0 Å². The molecule has 1 nitrogen and oxygen atoms in total. The first-order valence-corrected chi connectivity index (χ1v) is 13.5. The first kappa shape index (κ1) is 24.9. The molecule has 1 aliphatic carbocycles. The number of hydrogen-bond donors (Lipinski definition) is 0.